The number of carbonyl (C=O) groups excluding carboxylic acids is 3. The van der Waals surface area contributed by atoms with Crippen LogP contribution in [-0.4, -0.2) is 47.3 Å². The molecule has 3 heterocycles. The first-order valence-corrected chi connectivity index (χ1v) is 10.3. The van der Waals surface area contributed by atoms with Gasteiger partial charge < -0.3 is 10.2 Å². The number of fused-ring (bicyclic) bond motifs is 2. The monoisotopic (exact) mass is 375 g/mol. The van der Waals surface area contributed by atoms with Crippen LogP contribution in [0, 0.1) is 11.8 Å². The van der Waals surface area contributed by atoms with E-state index in [4.69, 9.17) is 0 Å². The highest BCUT2D eigenvalue weighted by Gasteiger charge is 2.54. The number of nitrogens with zero attached hydrogens (tertiary/aromatic N) is 2. The lowest BCUT2D eigenvalue weighted by Gasteiger charge is -2.35. The van der Waals surface area contributed by atoms with Gasteiger partial charge in [0.1, 0.15) is 12.1 Å². The van der Waals surface area contributed by atoms with E-state index in [2.05, 4.69) is 19.2 Å². The lowest BCUT2D eigenvalue weighted by Crippen LogP contribution is -2.49. The van der Waals surface area contributed by atoms with Crippen molar-refractivity contribution in [2.45, 2.75) is 45.1 Å². The molecule has 2 saturated heterocycles. The summed E-state index contributed by atoms with van der Waals surface area (Å²) in [6.07, 6.45) is 3.52. The van der Waals surface area contributed by atoms with Gasteiger partial charge in [0.25, 0.3) is 5.91 Å². The Morgan fingerprint density at radius 1 is 1.31 bits per heavy atom. The molecule has 0 unspecified atom stereocenters. The number of likely N-dealkylation sites (tertiary alicyclic amines) is 1. The minimum absolute atomic E-state index is 0.134. The topological polar surface area (TPSA) is 69.7 Å². The number of carbonyl (C=O) groups is 3. The number of imide groups is 1. The molecular weight excluding hydrogens is 350 g/mol. The van der Waals surface area contributed by atoms with E-state index in [0.717, 1.165) is 34.6 Å². The Hall–Kier alpha value is -1.89. The van der Waals surface area contributed by atoms with Crippen molar-refractivity contribution >= 4 is 29.2 Å². The minimum atomic E-state index is -0.965. The highest BCUT2D eigenvalue weighted by atomic mass is 32.1. The van der Waals surface area contributed by atoms with Crippen LogP contribution in [0.1, 0.15) is 43.6 Å². The lowest BCUT2D eigenvalue weighted by atomic mass is 9.80. The first kappa shape index (κ1) is 17.5. The quantitative estimate of drug-likeness (QED) is 0.807. The predicted octanol–water partition coefficient (Wildman–Crippen LogP) is 2.34. The smallest absolute Gasteiger partial charge is 0.325 e. The third-order valence-corrected chi connectivity index (χ3v) is 6.83. The molecule has 0 bridgehead atoms. The average molecular weight is 375 g/mol. The van der Waals surface area contributed by atoms with Crippen LogP contribution in [0.4, 0.5) is 4.79 Å². The molecule has 0 aromatic carbocycles. The van der Waals surface area contributed by atoms with Gasteiger partial charge in [0.2, 0.25) is 5.91 Å². The van der Waals surface area contributed by atoms with Crippen molar-refractivity contribution in [1.82, 2.24) is 15.1 Å². The average Bonchev–Trinajstić information content (AvgIpc) is 3.15. The molecule has 1 N–H and O–H groups in total. The van der Waals surface area contributed by atoms with Crippen LogP contribution in [0.15, 0.2) is 11.4 Å². The molecule has 4 rings (SSSR count). The molecule has 0 radical (unpaired) electrons. The highest BCUT2D eigenvalue weighted by Crippen LogP contribution is 2.42. The number of rotatable bonds is 2. The van der Waals surface area contributed by atoms with Gasteiger partial charge in [-0.3, -0.25) is 14.5 Å². The van der Waals surface area contributed by atoms with Crippen LogP contribution < -0.4 is 5.32 Å². The van der Waals surface area contributed by atoms with Crippen LogP contribution in [0.3, 0.4) is 0 Å². The molecule has 2 aliphatic heterocycles. The third-order valence-electron chi connectivity index (χ3n) is 5.85. The zero-order chi connectivity index (χ0) is 18.5. The number of urea groups is 1. The van der Waals surface area contributed by atoms with Gasteiger partial charge in [0.05, 0.1) is 0 Å². The summed E-state index contributed by atoms with van der Waals surface area (Å²) in [7, 11) is 0. The Morgan fingerprint density at radius 3 is 2.77 bits per heavy atom. The van der Waals surface area contributed by atoms with Gasteiger partial charge in [0, 0.05) is 23.5 Å². The van der Waals surface area contributed by atoms with Gasteiger partial charge in [0.15, 0.2) is 0 Å². The van der Waals surface area contributed by atoms with Gasteiger partial charge in [-0.05, 0) is 49.0 Å². The SMILES string of the molecule is C[C@@H]1C[C@@H](C)CN(C(=O)CN2C(=O)N[C@]3(CCCc4sccc43)C2=O)C1. The number of aryl methyl sites for hydroxylation is 1. The van der Waals surface area contributed by atoms with Gasteiger partial charge in [-0.15, -0.1) is 11.3 Å². The second-order valence-electron chi connectivity index (χ2n) is 8.08. The second kappa shape index (κ2) is 6.37. The van der Waals surface area contributed by atoms with Crippen molar-refractivity contribution < 1.29 is 14.4 Å². The van der Waals surface area contributed by atoms with Crippen LogP contribution in [-0.2, 0) is 21.5 Å². The molecule has 1 aliphatic carbocycles. The van der Waals surface area contributed by atoms with Crippen molar-refractivity contribution in [2.75, 3.05) is 19.6 Å². The number of piperidine rings is 1. The summed E-state index contributed by atoms with van der Waals surface area (Å²) < 4.78 is 0. The third kappa shape index (κ3) is 2.73. The zero-order valence-electron chi connectivity index (χ0n) is 15.3. The molecule has 7 heteroatoms. The first-order chi connectivity index (χ1) is 12.4. The van der Waals surface area contributed by atoms with E-state index in [0.29, 0.717) is 31.3 Å². The number of hydrogen-bond acceptors (Lipinski definition) is 4. The van der Waals surface area contributed by atoms with E-state index in [1.807, 2.05) is 11.4 Å². The summed E-state index contributed by atoms with van der Waals surface area (Å²) in [5.74, 6) is 0.492. The first-order valence-electron chi connectivity index (χ1n) is 9.39. The van der Waals surface area contributed by atoms with Gasteiger partial charge in [-0.1, -0.05) is 13.8 Å². The van der Waals surface area contributed by atoms with Gasteiger partial charge in [-0.2, -0.15) is 0 Å². The summed E-state index contributed by atoms with van der Waals surface area (Å²) in [6.45, 7) is 5.52. The van der Waals surface area contributed by atoms with Crippen molar-refractivity contribution in [1.29, 1.82) is 0 Å². The fourth-order valence-corrected chi connectivity index (χ4v) is 5.79. The summed E-state index contributed by atoms with van der Waals surface area (Å²) in [5, 5.41) is 4.88. The van der Waals surface area contributed by atoms with Crippen LogP contribution >= 0.6 is 11.3 Å². The predicted molar refractivity (Wildman–Crippen MR) is 98.7 cm³/mol. The summed E-state index contributed by atoms with van der Waals surface area (Å²) in [5.41, 5.74) is -0.0461. The fourth-order valence-electron chi connectivity index (χ4n) is 4.79. The molecule has 2 fully saturated rings. The van der Waals surface area contributed by atoms with Crippen LogP contribution in [0.25, 0.3) is 0 Å². The maximum absolute atomic E-state index is 13.2. The fraction of sp³-hybridized carbons (Fsp3) is 0.632. The molecule has 3 aliphatic rings. The molecule has 1 spiro atoms. The Morgan fingerprint density at radius 2 is 2.04 bits per heavy atom. The molecule has 26 heavy (non-hydrogen) atoms. The highest BCUT2D eigenvalue weighted by molar-refractivity contribution is 7.10. The summed E-state index contributed by atoms with van der Waals surface area (Å²) in [4.78, 5) is 42.6. The van der Waals surface area contributed by atoms with E-state index in [1.165, 1.54) is 0 Å². The van der Waals surface area contributed by atoms with E-state index >= 15 is 0 Å². The van der Waals surface area contributed by atoms with Crippen molar-refractivity contribution in [3.63, 3.8) is 0 Å². The Balaban J connectivity index is 1.53. The lowest BCUT2D eigenvalue weighted by molar-refractivity contribution is -0.140. The molecule has 1 aromatic rings. The molecule has 140 valence electrons. The van der Waals surface area contributed by atoms with Gasteiger partial charge in [-0.25, -0.2) is 4.79 Å². The van der Waals surface area contributed by atoms with Gasteiger partial charge >= 0.3 is 6.03 Å². The molecule has 6 nitrogen and oxygen atoms in total. The number of amides is 4. The van der Waals surface area contributed by atoms with Crippen molar-refractivity contribution in [3.8, 4) is 0 Å². The standard InChI is InChI=1S/C19H25N3O3S/c1-12-8-13(2)10-21(9-12)16(23)11-22-17(24)19(20-18(22)25)6-3-4-15-14(19)5-7-26-15/h5,7,12-13H,3-4,6,8-11H2,1-2H3,(H,20,25)/t12-,13-,19+/m1/s1. The zero-order valence-corrected chi connectivity index (χ0v) is 16.1. The molecule has 0 saturated carbocycles. The Labute approximate surface area is 157 Å². The maximum Gasteiger partial charge on any atom is 0.325 e. The number of thiophene rings is 1. The second-order valence-corrected chi connectivity index (χ2v) is 9.08. The number of nitrogens with one attached hydrogen (secondary N) is 1. The van der Waals surface area contributed by atoms with Crippen LogP contribution in [0.2, 0.25) is 0 Å². The Kier molecular flexibility index (Phi) is 4.29. The van der Waals surface area contributed by atoms with Crippen LogP contribution in [0.5, 0.6) is 0 Å². The van der Waals surface area contributed by atoms with E-state index in [-0.39, 0.29) is 18.4 Å². The van der Waals surface area contributed by atoms with E-state index in [9.17, 15) is 14.4 Å². The summed E-state index contributed by atoms with van der Waals surface area (Å²) in [6, 6.07) is 1.50. The van der Waals surface area contributed by atoms with Crippen molar-refractivity contribution in [2.24, 2.45) is 11.8 Å². The van der Waals surface area contributed by atoms with Crippen molar-refractivity contribution in [3.05, 3.63) is 21.9 Å². The Bertz CT molecular complexity index is 751. The normalized spacial score (nSPS) is 31.3. The molecule has 1 aromatic heterocycles. The molecular formula is C19H25N3O3S. The van der Waals surface area contributed by atoms with E-state index < -0.39 is 11.6 Å². The largest absolute Gasteiger partial charge is 0.341 e. The maximum atomic E-state index is 13.2. The molecule has 4 amide bonds. The summed E-state index contributed by atoms with van der Waals surface area (Å²) >= 11 is 1.63. The minimum Gasteiger partial charge on any atom is -0.341 e. The number of hydrogen-bond donors (Lipinski definition) is 1. The van der Waals surface area contributed by atoms with E-state index in [1.54, 1.807) is 16.2 Å². The molecule has 3 atom stereocenters.